The summed E-state index contributed by atoms with van der Waals surface area (Å²) in [5, 5.41) is 19.8. The van der Waals surface area contributed by atoms with Gasteiger partial charge in [-0.2, -0.15) is 13.2 Å². The van der Waals surface area contributed by atoms with E-state index in [1.165, 1.54) is 6.07 Å². The van der Waals surface area contributed by atoms with Gasteiger partial charge >= 0.3 is 19.3 Å². The van der Waals surface area contributed by atoms with E-state index in [0.29, 0.717) is 16.6 Å². The van der Waals surface area contributed by atoms with Crippen LogP contribution in [0.3, 0.4) is 0 Å². The van der Waals surface area contributed by atoms with Crippen LogP contribution in [0.1, 0.15) is 46.7 Å². The minimum atomic E-state index is -4.72. The number of carbonyl (C=O) groups is 2. The third-order valence-corrected chi connectivity index (χ3v) is 5.27. The monoisotopic (exact) mass is 451 g/mol. The Hall–Kier alpha value is -2.99. The smallest absolute Gasteiger partial charge is 0.480 e. The predicted molar refractivity (Wildman–Crippen MR) is 107 cm³/mol. The fourth-order valence-electron chi connectivity index (χ4n) is 3.75. The number of amides is 1. The van der Waals surface area contributed by atoms with Crippen molar-refractivity contribution >= 4 is 24.5 Å². The first-order chi connectivity index (χ1) is 14.9. The molecule has 8 nitrogen and oxygen atoms in total. The third-order valence-electron chi connectivity index (χ3n) is 5.27. The second-order valence-electron chi connectivity index (χ2n) is 7.85. The number of fused-ring (bicyclic) bond motifs is 1. The van der Waals surface area contributed by atoms with Crippen molar-refractivity contribution in [3.63, 3.8) is 0 Å². The molecule has 0 saturated carbocycles. The van der Waals surface area contributed by atoms with Crippen LogP contribution in [0.5, 0.6) is 0 Å². The SMILES string of the molecule is Cc1c(C(=O)N(Cc2cnc(C(F)(F)F)nc2)[C@H](C(=O)O)C(C)C)ccc2c1B(O)OC2. The molecule has 1 aromatic heterocycles. The first-order valence-electron chi connectivity index (χ1n) is 9.75. The van der Waals surface area contributed by atoms with Crippen molar-refractivity contribution in [3.05, 3.63) is 52.6 Å². The molecule has 3 rings (SSSR count). The van der Waals surface area contributed by atoms with E-state index >= 15 is 0 Å². The number of hydrogen-bond acceptors (Lipinski definition) is 6. The fourth-order valence-corrected chi connectivity index (χ4v) is 3.75. The number of nitrogens with zero attached hydrogens (tertiary/aromatic N) is 3. The standard InChI is InChI=1S/C20H21BF3N3O5/c1-10(2)16(18(29)30)27(8-12-6-25-19(26-7-12)20(22,23)24)17(28)14-5-4-13-9-32-21(31)15(13)11(14)3/h4-7,10,16,31H,8-9H2,1-3H3,(H,29,30)/t16-/m0/s1. The molecule has 0 saturated heterocycles. The van der Waals surface area contributed by atoms with Crippen molar-refractivity contribution in [2.24, 2.45) is 5.92 Å². The van der Waals surface area contributed by atoms with Crippen molar-refractivity contribution in [1.82, 2.24) is 14.9 Å². The molecule has 1 aromatic carbocycles. The predicted octanol–water partition coefficient (Wildman–Crippen LogP) is 1.77. The van der Waals surface area contributed by atoms with Crippen LogP contribution in [-0.4, -0.2) is 50.0 Å². The van der Waals surface area contributed by atoms with Crippen molar-refractivity contribution in [1.29, 1.82) is 0 Å². The highest BCUT2D eigenvalue weighted by atomic mass is 19.4. The zero-order valence-electron chi connectivity index (χ0n) is 17.6. The van der Waals surface area contributed by atoms with Crippen LogP contribution in [0.15, 0.2) is 24.5 Å². The quantitative estimate of drug-likeness (QED) is 0.644. The zero-order valence-corrected chi connectivity index (χ0v) is 17.6. The molecule has 12 heteroatoms. The molecule has 170 valence electrons. The lowest BCUT2D eigenvalue weighted by molar-refractivity contribution is -0.145. The van der Waals surface area contributed by atoms with Gasteiger partial charge in [-0.3, -0.25) is 4.79 Å². The number of halogens is 3. The van der Waals surface area contributed by atoms with E-state index in [1.807, 2.05) is 0 Å². The summed E-state index contributed by atoms with van der Waals surface area (Å²) in [4.78, 5) is 33.1. The Labute approximate surface area is 182 Å². The minimum absolute atomic E-state index is 0.139. The highest BCUT2D eigenvalue weighted by Gasteiger charge is 2.37. The highest BCUT2D eigenvalue weighted by Crippen LogP contribution is 2.26. The molecule has 0 aliphatic carbocycles. The van der Waals surface area contributed by atoms with Crippen molar-refractivity contribution in [2.45, 2.75) is 46.1 Å². The van der Waals surface area contributed by atoms with Gasteiger partial charge in [-0.05, 0) is 35.5 Å². The van der Waals surface area contributed by atoms with E-state index in [4.69, 9.17) is 4.65 Å². The molecular formula is C20H21BF3N3O5. The number of alkyl halides is 3. The Morgan fingerprint density at radius 3 is 2.41 bits per heavy atom. The Bertz CT molecular complexity index is 1030. The van der Waals surface area contributed by atoms with Gasteiger partial charge in [-0.1, -0.05) is 19.9 Å². The summed E-state index contributed by atoms with van der Waals surface area (Å²) < 4.78 is 43.5. The average molecular weight is 451 g/mol. The number of rotatable bonds is 6. The normalized spacial score (nSPS) is 14.4. The molecule has 0 bridgehead atoms. The Morgan fingerprint density at radius 1 is 1.25 bits per heavy atom. The van der Waals surface area contributed by atoms with Gasteiger partial charge in [0.1, 0.15) is 6.04 Å². The average Bonchev–Trinajstić information content (AvgIpc) is 3.08. The number of carbonyl (C=O) groups excluding carboxylic acids is 1. The first kappa shape index (κ1) is 23.7. The topological polar surface area (TPSA) is 113 Å². The lowest BCUT2D eigenvalue weighted by Crippen LogP contribution is -2.48. The second kappa shape index (κ2) is 8.87. The first-order valence-corrected chi connectivity index (χ1v) is 9.75. The number of benzene rings is 1. The lowest BCUT2D eigenvalue weighted by Gasteiger charge is -2.32. The van der Waals surface area contributed by atoms with Gasteiger partial charge in [0.25, 0.3) is 5.91 Å². The molecule has 1 aliphatic rings. The molecule has 0 spiro atoms. The maximum Gasteiger partial charge on any atom is 0.492 e. The maximum absolute atomic E-state index is 13.5. The number of hydrogen-bond donors (Lipinski definition) is 2. The van der Waals surface area contributed by atoms with E-state index in [9.17, 15) is 32.9 Å². The summed E-state index contributed by atoms with van der Waals surface area (Å²) in [6.07, 6.45) is -2.88. The summed E-state index contributed by atoms with van der Waals surface area (Å²) in [5.41, 5.74) is 1.91. The van der Waals surface area contributed by atoms with Gasteiger partial charge in [-0.15, -0.1) is 0 Å². The van der Waals surface area contributed by atoms with E-state index in [-0.39, 0.29) is 24.3 Å². The molecule has 0 fully saturated rings. The van der Waals surface area contributed by atoms with E-state index in [1.54, 1.807) is 26.8 Å². The van der Waals surface area contributed by atoms with Gasteiger partial charge in [0.15, 0.2) is 0 Å². The summed E-state index contributed by atoms with van der Waals surface area (Å²) in [5.74, 6) is -3.74. The van der Waals surface area contributed by atoms with Gasteiger partial charge in [-0.25, -0.2) is 14.8 Å². The van der Waals surface area contributed by atoms with Crippen LogP contribution in [0.4, 0.5) is 13.2 Å². The molecule has 2 heterocycles. The molecular weight excluding hydrogens is 430 g/mol. The zero-order chi connectivity index (χ0) is 23.8. The van der Waals surface area contributed by atoms with E-state index in [0.717, 1.165) is 17.3 Å². The highest BCUT2D eigenvalue weighted by molar-refractivity contribution is 6.62. The molecule has 32 heavy (non-hydrogen) atoms. The van der Waals surface area contributed by atoms with E-state index in [2.05, 4.69) is 9.97 Å². The van der Waals surface area contributed by atoms with Crippen molar-refractivity contribution in [3.8, 4) is 0 Å². The summed E-state index contributed by atoms with van der Waals surface area (Å²) in [6, 6.07) is 1.88. The third kappa shape index (κ3) is 4.60. The molecule has 2 aromatic rings. The molecule has 1 aliphatic heterocycles. The van der Waals surface area contributed by atoms with Crippen LogP contribution in [0.2, 0.25) is 0 Å². The van der Waals surface area contributed by atoms with Crippen molar-refractivity contribution < 1.29 is 37.5 Å². The molecule has 2 N–H and O–H groups in total. The molecule has 0 radical (unpaired) electrons. The van der Waals surface area contributed by atoms with E-state index < -0.39 is 43.0 Å². The van der Waals surface area contributed by atoms with Gasteiger partial charge in [0.2, 0.25) is 5.82 Å². The summed E-state index contributed by atoms with van der Waals surface area (Å²) in [6.45, 7) is 4.73. The molecule has 1 atom stereocenters. The number of aliphatic carboxylic acids is 1. The van der Waals surface area contributed by atoms with Crippen LogP contribution in [0.25, 0.3) is 0 Å². The summed E-state index contributed by atoms with van der Waals surface area (Å²) in [7, 11) is -1.20. The fraction of sp³-hybridized carbons (Fsp3) is 0.400. The molecule has 1 amide bonds. The Morgan fingerprint density at radius 2 is 1.88 bits per heavy atom. The summed E-state index contributed by atoms with van der Waals surface area (Å²) >= 11 is 0. The number of carboxylic acid groups (broad SMARTS) is 1. The second-order valence-corrected chi connectivity index (χ2v) is 7.85. The maximum atomic E-state index is 13.5. The number of carboxylic acids is 1. The van der Waals surface area contributed by atoms with Crippen LogP contribution >= 0.6 is 0 Å². The lowest BCUT2D eigenvalue weighted by atomic mass is 9.75. The largest absolute Gasteiger partial charge is 0.492 e. The molecule has 0 unspecified atom stereocenters. The Kier molecular flexibility index (Phi) is 6.56. The minimum Gasteiger partial charge on any atom is -0.480 e. The van der Waals surface area contributed by atoms with Gasteiger partial charge < -0.3 is 19.7 Å². The Balaban J connectivity index is 2.01. The van der Waals surface area contributed by atoms with Crippen molar-refractivity contribution in [2.75, 3.05) is 0 Å². The van der Waals surface area contributed by atoms with Gasteiger partial charge in [0.05, 0.1) is 6.61 Å². The number of aromatic nitrogens is 2. The van der Waals surface area contributed by atoms with Crippen LogP contribution in [0, 0.1) is 12.8 Å². The van der Waals surface area contributed by atoms with Crippen LogP contribution in [-0.2, 0) is 28.8 Å². The van der Waals surface area contributed by atoms with Gasteiger partial charge in [0, 0.05) is 30.1 Å². The van der Waals surface area contributed by atoms with Crippen LogP contribution < -0.4 is 5.46 Å².